The molecule has 7 N–H and O–H groups in total. The molecule has 0 saturated carbocycles. The number of amides is 1. The molecule has 1 aliphatic rings. The zero-order valence-electron chi connectivity index (χ0n) is 21.8. The van der Waals surface area contributed by atoms with Crippen LogP contribution in [0.3, 0.4) is 0 Å². The van der Waals surface area contributed by atoms with Gasteiger partial charge in [0.25, 0.3) is 5.91 Å². The molecule has 1 saturated heterocycles. The molecule has 1 rings (SSSR count). The number of allylic oxidation sites excluding steroid dienone is 1. The molecule has 0 aliphatic carbocycles. The number of nitrogens with one attached hydrogen (secondary N) is 1. The molecule has 218 valence electrons. The summed E-state index contributed by atoms with van der Waals surface area (Å²) in [7, 11) is 0. The van der Waals surface area contributed by atoms with Gasteiger partial charge in [-0.3, -0.25) is 4.79 Å². The van der Waals surface area contributed by atoms with Crippen LogP contribution in [0.2, 0.25) is 0 Å². The van der Waals surface area contributed by atoms with E-state index in [9.17, 15) is 35.4 Å². The first kappa shape index (κ1) is 34.5. The van der Waals surface area contributed by atoms with Crippen molar-refractivity contribution in [1.29, 1.82) is 0 Å². The molecule has 9 nitrogen and oxygen atoms in total. The number of carbonyl (C=O) groups excluding carboxylic acids is 1. The fraction of sp³-hybridized carbons (Fsp3) is 0.885. The van der Waals surface area contributed by atoms with Gasteiger partial charge in [0.1, 0.15) is 36.6 Å². The molecular weight excluding hydrogens is 525 g/mol. The summed E-state index contributed by atoms with van der Waals surface area (Å²) in [5.74, 6) is -0.880. The summed E-state index contributed by atoms with van der Waals surface area (Å²) >= 11 is 11.2. The van der Waals surface area contributed by atoms with Gasteiger partial charge >= 0.3 is 0 Å². The second-order valence-electron chi connectivity index (χ2n) is 9.86. The Hall–Kier alpha value is -0.490. The Morgan fingerprint density at radius 1 is 0.892 bits per heavy atom. The van der Waals surface area contributed by atoms with Crippen LogP contribution in [0, 0.1) is 0 Å². The van der Waals surface area contributed by atoms with Gasteiger partial charge in [-0.2, -0.15) is 0 Å². The van der Waals surface area contributed by atoms with Crippen molar-refractivity contribution in [2.45, 2.75) is 138 Å². The minimum absolute atomic E-state index is 0.682. The van der Waals surface area contributed by atoms with Crippen molar-refractivity contribution >= 4 is 29.1 Å². The molecule has 0 radical (unpaired) electrons. The van der Waals surface area contributed by atoms with Crippen molar-refractivity contribution in [3.05, 3.63) is 12.2 Å². The van der Waals surface area contributed by atoms with Crippen LogP contribution in [0.1, 0.15) is 84.0 Å². The first-order valence-electron chi connectivity index (χ1n) is 13.6. The van der Waals surface area contributed by atoms with E-state index in [4.69, 9.17) is 27.9 Å². The zero-order chi connectivity index (χ0) is 27.8. The van der Waals surface area contributed by atoms with Crippen LogP contribution in [0.4, 0.5) is 0 Å². The number of unbranched alkanes of at least 4 members (excludes halogenated alkanes) is 11. The van der Waals surface area contributed by atoms with Gasteiger partial charge in [-0.15, -0.1) is 0 Å². The molecule has 0 spiro atoms. The summed E-state index contributed by atoms with van der Waals surface area (Å²) < 4.78 is 5.38. The normalized spacial score (nSPS) is 26.9. The van der Waals surface area contributed by atoms with Gasteiger partial charge in [-0.05, 0) is 12.8 Å². The van der Waals surface area contributed by atoms with E-state index in [-0.39, 0.29) is 0 Å². The molecule has 2 unspecified atom stereocenters. The Kier molecular flexibility index (Phi) is 18.2. The Morgan fingerprint density at radius 2 is 1.43 bits per heavy atom. The monoisotopic (exact) mass is 571 g/mol. The third-order valence-electron chi connectivity index (χ3n) is 6.82. The molecule has 0 aromatic heterocycles. The minimum atomic E-state index is -1.75. The van der Waals surface area contributed by atoms with E-state index >= 15 is 0 Å². The summed E-state index contributed by atoms with van der Waals surface area (Å²) in [6.45, 7) is 1.54. The van der Waals surface area contributed by atoms with Gasteiger partial charge in [0.2, 0.25) is 0 Å². The molecule has 11 heteroatoms. The first-order valence-corrected chi connectivity index (χ1v) is 14.4. The lowest BCUT2D eigenvalue weighted by molar-refractivity contribution is -0.253. The van der Waals surface area contributed by atoms with Gasteiger partial charge < -0.3 is 40.7 Å². The van der Waals surface area contributed by atoms with Crippen LogP contribution in [0.15, 0.2) is 12.2 Å². The van der Waals surface area contributed by atoms with Gasteiger partial charge in [0.15, 0.2) is 4.84 Å². The van der Waals surface area contributed by atoms with Crippen molar-refractivity contribution in [3.63, 3.8) is 0 Å². The number of carbonyl (C=O) groups is 1. The summed E-state index contributed by atoms with van der Waals surface area (Å²) in [6.07, 6.45) is 6.30. The molecule has 0 aromatic carbocycles. The molecule has 1 aliphatic heterocycles. The van der Waals surface area contributed by atoms with Gasteiger partial charge in [0, 0.05) is 0 Å². The molecule has 0 bridgehead atoms. The second-order valence-corrected chi connectivity index (χ2v) is 11.0. The highest BCUT2D eigenvalue weighted by Crippen LogP contribution is 2.26. The van der Waals surface area contributed by atoms with E-state index in [1.54, 1.807) is 6.08 Å². The third-order valence-corrected chi connectivity index (χ3v) is 7.21. The third kappa shape index (κ3) is 12.5. The number of rotatable bonds is 19. The largest absolute Gasteiger partial charge is 0.394 e. The summed E-state index contributed by atoms with van der Waals surface area (Å²) in [5, 5.41) is 63.6. The molecule has 1 amide bonds. The van der Waals surface area contributed by atoms with E-state index in [0.29, 0.717) is 6.42 Å². The van der Waals surface area contributed by atoms with Crippen molar-refractivity contribution in [1.82, 2.24) is 5.32 Å². The summed E-state index contributed by atoms with van der Waals surface area (Å²) in [5.41, 5.74) is 0. The average molecular weight is 573 g/mol. The van der Waals surface area contributed by atoms with Crippen LogP contribution >= 0.6 is 23.2 Å². The topological polar surface area (TPSA) is 160 Å². The molecule has 37 heavy (non-hydrogen) atoms. The van der Waals surface area contributed by atoms with E-state index in [1.165, 1.54) is 57.4 Å². The van der Waals surface area contributed by atoms with Crippen LogP contribution < -0.4 is 5.32 Å². The Labute approximate surface area is 230 Å². The maximum Gasteiger partial charge on any atom is 0.253 e. The average Bonchev–Trinajstić information content (AvgIpc) is 2.88. The number of aliphatic hydroxyl groups excluding tert-OH is 6. The minimum Gasteiger partial charge on any atom is -0.394 e. The Balaban J connectivity index is 2.56. The Morgan fingerprint density at radius 3 is 1.95 bits per heavy atom. The van der Waals surface area contributed by atoms with Crippen LogP contribution in [0.25, 0.3) is 0 Å². The van der Waals surface area contributed by atoms with Crippen molar-refractivity contribution in [2.24, 2.45) is 0 Å². The lowest BCUT2D eigenvalue weighted by atomic mass is 9.88. The molecule has 0 aromatic rings. The smallest absolute Gasteiger partial charge is 0.253 e. The lowest BCUT2D eigenvalue weighted by Gasteiger charge is -2.43. The quantitative estimate of drug-likeness (QED) is 0.0704. The number of hydrogen-bond donors (Lipinski definition) is 7. The summed E-state index contributed by atoms with van der Waals surface area (Å²) in [4.78, 5) is 10.6. The standard InChI is InChI=1S/C26H47Cl2NO8/c1-2-3-4-5-6-7-8-9-10-11-12-13-14-15-17(31)19(29-26(36)25(27)28)21(33)24-23(35)22(34)20(32)18(16-30)37-24/h14-15,17-25,30-35H,2-13,16H2,1H3,(H,29,36)/b15-14+/t17-,18-,19-,20-,21?,22+,23-,24?/m1/s1. The fourth-order valence-electron chi connectivity index (χ4n) is 4.50. The molecular formula is C26H47Cl2NO8. The molecule has 1 heterocycles. The number of hydrogen-bond acceptors (Lipinski definition) is 8. The van der Waals surface area contributed by atoms with E-state index < -0.39 is 66.1 Å². The maximum atomic E-state index is 12.1. The number of aliphatic hydroxyl groups is 6. The van der Waals surface area contributed by atoms with E-state index in [2.05, 4.69) is 12.2 Å². The van der Waals surface area contributed by atoms with Crippen molar-refractivity contribution < 1.29 is 40.2 Å². The maximum absolute atomic E-state index is 12.1. The number of halogens is 2. The predicted molar refractivity (Wildman–Crippen MR) is 143 cm³/mol. The highest BCUT2D eigenvalue weighted by atomic mass is 35.5. The van der Waals surface area contributed by atoms with Crippen molar-refractivity contribution in [2.75, 3.05) is 6.61 Å². The second kappa shape index (κ2) is 19.6. The van der Waals surface area contributed by atoms with Gasteiger partial charge in [-0.25, -0.2) is 0 Å². The van der Waals surface area contributed by atoms with Gasteiger partial charge in [-0.1, -0.05) is 106 Å². The lowest BCUT2D eigenvalue weighted by Crippen LogP contribution is -2.66. The highest BCUT2D eigenvalue weighted by molar-refractivity contribution is 6.53. The predicted octanol–water partition coefficient (Wildman–Crippen LogP) is 2.10. The van der Waals surface area contributed by atoms with Gasteiger partial charge in [0.05, 0.1) is 18.8 Å². The number of alkyl halides is 2. The van der Waals surface area contributed by atoms with Crippen molar-refractivity contribution in [3.8, 4) is 0 Å². The van der Waals surface area contributed by atoms with E-state index in [1.807, 2.05) is 0 Å². The first-order chi connectivity index (χ1) is 17.6. The molecule has 1 fully saturated rings. The van der Waals surface area contributed by atoms with E-state index in [0.717, 1.165) is 19.3 Å². The molecule has 8 atom stereocenters. The highest BCUT2D eigenvalue weighted by Gasteiger charge is 2.48. The zero-order valence-corrected chi connectivity index (χ0v) is 23.3. The Bertz CT molecular complexity index is 640. The van der Waals surface area contributed by atoms with Crippen LogP contribution in [-0.4, -0.2) is 96.8 Å². The summed E-state index contributed by atoms with van der Waals surface area (Å²) in [6, 6.07) is -1.40. The van der Waals surface area contributed by atoms with Crippen LogP contribution in [-0.2, 0) is 9.53 Å². The van der Waals surface area contributed by atoms with Crippen LogP contribution in [0.5, 0.6) is 0 Å². The fourth-order valence-corrected chi connectivity index (χ4v) is 4.62. The SMILES string of the molecule is CCCCCCCCCCCCC/C=C/[C@@H](O)[C@@H](NC(=O)C(Cl)Cl)C(O)C1O[C@H](CO)[C@@H](O)[C@H](O)[C@H]1O. The number of ether oxygens (including phenoxy) is 1.